The van der Waals surface area contributed by atoms with Gasteiger partial charge in [0.15, 0.2) is 17.6 Å². The number of rotatable bonds is 5. The van der Waals surface area contributed by atoms with Crippen molar-refractivity contribution in [3.05, 3.63) is 41.5 Å². The molecule has 0 radical (unpaired) electrons. The summed E-state index contributed by atoms with van der Waals surface area (Å²) in [5.74, 6) is -1.61. The van der Waals surface area contributed by atoms with E-state index in [1.54, 1.807) is 0 Å². The first-order chi connectivity index (χ1) is 16.1. The molecule has 2 aromatic carbocycles. The second-order valence-corrected chi connectivity index (χ2v) is 8.01. The van der Waals surface area contributed by atoms with E-state index in [0.29, 0.717) is 11.1 Å². The number of aromatic hydroxyl groups is 2. The van der Waals surface area contributed by atoms with Crippen LogP contribution in [0.5, 0.6) is 28.7 Å². The fourth-order valence-corrected chi connectivity index (χ4v) is 3.98. The van der Waals surface area contributed by atoms with Crippen molar-refractivity contribution in [2.24, 2.45) is 0 Å². The first kappa shape index (κ1) is 23.9. The minimum atomic E-state index is -1.86. The molecule has 7 N–H and O–H groups in total. The van der Waals surface area contributed by atoms with Crippen molar-refractivity contribution in [3.63, 3.8) is 0 Å². The van der Waals surface area contributed by atoms with E-state index in [2.05, 4.69) is 0 Å². The molecule has 4 rings (SSSR count). The summed E-state index contributed by atoms with van der Waals surface area (Å²) in [4.78, 5) is 11.3. The molecule has 34 heavy (non-hydrogen) atoms. The van der Waals surface area contributed by atoms with Crippen LogP contribution in [0.3, 0.4) is 0 Å². The fourth-order valence-electron chi connectivity index (χ4n) is 3.98. The molecule has 12 nitrogen and oxygen atoms in total. The molecule has 0 spiro atoms. The van der Waals surface area contributed by atoms with Crippen LogP contribution in [0, 0.1) is 0 Å². The number of aliphatic carboxylic acids is 1. The number of phenols is 2. The molecule has 0 unspecified atom stereocenters. The Hall–Kier alpha value is -3.29. The fraction of sp³-hybridized carbons (Fsp3) is 0.409. The third-order valence-electron chi connectivity index (χ3n) is 5.76. The lowest BCUT2D eigenvalue weighted by Gasteiger charge is -2.38. The summed E-state index contributed by atoms with van der Waals surface area (Å²) in [6, 6.07) is 6.88. The summed E-state index contributed by atoms with van der Waals surface area (Å²) in [6.45, 7) is 0. The van der Waals surface area contributed by atoms with Crippen molar-refractivity contribution >= 4 is 5.97 Å². The molecule has 7 atom stereocenters. The highest BCUT2D eigenvalue weighted by atomic mass is 16.7. The van der Waals surface area contributed by atoms with E-state index >= 15 is 0 Å². The highest BCUT2D eigenvalue weighted by Gasteiger charge is 2.48. The van der Waals surface area contributed by atoms with E-state index in [4.69, 9.17) is 18.9 Å². The zero-order chi connectivity index (χ0) is 24.7. The van der Waals surface area contributed by atoms with Crippen LogP contribution >= 0.6 is 0 Å². The van der Waals surface area contributed by atoms with E-state index in [0.717, 1.165) is 6.07 Å². The monoisotopic (exact) mass is 480 g/mol. The van der Waals surface area contributed by atoms with Crippen LogP contribution in [0.1, 0.15) is 17.2 Å². The van der Waals surface area contributed by atoms with Crippen LogP contribution < -0.4 is 14.2 Å². The lowest BCUT2D eigenvalue weighted by molar-refractivity contribution is -0.271. The number of phenolic OH excluding ortho intramolecular Hbond substituents is 2. The maximum atomic E-state index is 11.3. The molecule has 0 amide bonds. The minimum absolute atomic E-state index is 0.0176. The van der Waals surface area contributed by atoms with Gasteiger partial charge in [0, 0.05) is 24.1 Å². The van der Waals surface area contributed by atoms with Crippen molar-refractivity contribution in [2.75, 3.05) is 7.11 Å². The van der Waals surface area contributed by atoms with Gasteiger partial charge in [-0.15, -0.1) is 0 Å². The van der Waals surface area contributed by atoms with Gasteiger partial charge < -0.3 is 54.7 Å². The number of hydrogen-bond acceptors (Lipinski definition) is 11. The van der Waals surface area contributed by atoms with E-state index in [1.807, 2.05) is 0 Å². The average molecular weight is 480 g/mol. The largest absolute Gasteiger partial charge is 0.508 e. The maximum absolute atomic E-state index is 11.3. The molecule has 0 aromatic heterocycles. The van der Waals surface area contributed by atoms with Crippen molar-refractivity contribution in [1.29, 1.82) is 0 Å². The Balaban J connectivity index is 1.58. The van der Waals surface area contributed by atoms with E-state index < -0.39 is 48.9 Å². The van der Waals surface area contributed by atoms with Crippen molar-refractivity contribution in [2.45, 2.75) is 49.3 Å². The van der Waals surface area contributed by atoms with Crippen molar-refractivity contribution in [1.82, 2.24) is 0 Å². The molecule has 12 heteroatoms. The number of aliphatic hydroxyl groups excluding tert-OH is 4. The smallest absolute Gasteiger partial charge is 0.335 e. The number of fused-ring (bicyclic) bond motifs is 1. The second kappa shape index (κ2) is 9.16. The summed E-state index contributed by atoms with van der Waals surface area (Å²) < 4.78 is 21.8. The summed E-state index contributed by atoms with van der Waals surface area (Å²) in [6.07, 6.45) is -10.8. The third kappa shape index (κ3) is 4.29. The Morgan fingerprint density at radius 3 is 2.41 bits per heavy atom. The quantitative estimate of drug-likeness (QED) is 0.288. The van der Waals surface area contributed by atoms with Crippen LogP contribution in [0.15, 0.2) is 30.3 Å². The first-order valence-electron chi connectivity index (χ1n) is 10.3. The Morgan fingerprint density at radius 1 is 1.00 bits per heavy atom. The van der Waals surface area contributed by atoms with Gasteiger partial charge in [0.2, 0.25) is 6.29 Å². The molecule has 1 fully saturated rings. The number of methoxy groups -OCH3 is 1. The van der Waals surface area contributed by atoms with Gasteiger partial charge in [0.25, 0.3) is 0 Å². The number of aliphatic hydroxyl groups is 4. The van der Waals surface area contributed by atoms with Crippen LogP contribution in [0.2, 0.25) is 0 Å². The number of carboxylic acids is 1. The molecule has 2 heterocycles. The summed E-state index contributed by atoms with van der Waals surface area (Å²) >= 11 is 0. The zero-order valence-corrected chi connectivity index (χ0v) is 17.8. The topological polar surface area (TPSA) is 196 Å². The van der Waals surface area contributed by atoms with Gasteiger partial charge in [0.1, 0.15) is 41.7 Å². The predicted molar refractivity (Wildman–Crippen MR) is 111 cm³/mol. The van der Waals surface area contributed by atoms with Gasteiger partial charge in [-0.25, -0.2) is 4.79 Å². The Labute approximate surface area is 192 Å². The van der Waals surface area contributed by atoms with Crippen LogP contribution in [-0.2, 0) is 16.0 Å². The molecule has 0 aliphatic carbocycles. The number of benzene rings is 2. The zero-order valence-electron chi connectivity index (χ0n) is 17.8. The lowest BCUT2D eigenvalue weighted by atomic mass is 9.94. The molecular formula is C22H24O12. The van der Waals surface area contributed by atoms with Gasteiger partial charge in [0.05, 0.1) is 13.2 Å². The van der Waals surface area contributed by atoms with E-state index in [1.165, 1.54) is 31.4 Å². The third-order valence-corrected chi connectivity index (χ3v) is 5.76. The molecule has 0 saturated carbocycles. The molecule has 2 aromatic rings. The Morgan fingerprint density at radius 2 is 1.74 bits per heavy atom. The second-order valence-electron chi connectivity index (χ2n) is 8.01. The van der Waals surface area contributed by atoms with Crippen molar-refractivity contribution in [3.8, 4) is 28.7 Å². The summed E-state index contributed by atoms with van der Waals surface area (Å²) in [5, 5.41) is 69.5. The number of carbonyl (C=O) groups is 1. The number of carboxylic acid groups (broad SMARTS) is 1. The normalized spacial score (nSPS) is 30.7. The highest BCUT2D eigenvalue weighted by molar-refractivity contribution is 5.73. The van der Waals surface area contributed by atoms with E-state index in [9.17, 15) is 40.5 Å². The molecule has 2 aliphatic heterocycles. The molecule has 1 saturated heterocycles. The number of hydrogen-bond donors (Lipinski definition) is 7. The maximum Gasteiger partial charge on any atom is 0.335 e. The lowest BCUT2D eigenvalue weighted by Crippen LogP contribution is -2.61. The number of ether oxygens (including phenoxy) is 4. The first-order valence-corrected chi connectivity index (χ1v) is 10.3. The Bertz CT molecular complexity index is 1070. The molecular weight excluding hydrogens is 456 g/mol. The van der Waals surface area contributed by atoms with Crippen LogP contribution in [-0.4, -0.2) is 85.6 Å². The van der Waals surface area contributed by atoms with Crippen LogP contribution in [0.25, 0.3) is 0 Å². The van der Waals surface area contributed by atoms with Crippen LogP contribution in [0.4, 0.5) is 0 Å². The SMILES string of the molecule is COc1cc([C@H]2Oc3cc(O)cc(O)c3C[C@H]2O)ccc1O[C@@H]1O[C@H](C(=O)O)[C@@H](O)[C@H](O)[C@H]1O. The van der Waals surface area contributed by atoms with Crippen molar-refractivity contribution < 1.29 is 59.5 Å². The predicted octanol–water partition coefficient (Wildman–Crippen LogP) is -0.586. The molecule has 2 aliphatic rings. The van der Waals surface area contributed by atoms with Gasteiger partial charge in [-0.3, -0.25) is 0 Å². The van der Waals surface area contributed by atoms with Gasteiger partial charge in [-0.2, -0.15) is 0 Å². The Kier molecular flexibility index (Phi) is 6.43. The average Bonchev–Trinajstić information content (AvgIpc) is 2.79. The standard InChI is InChI=1S/C22H24O12/c1-31-15-4-8(19-12(25)7-10-11(24)5-9(23)6-14(10)32-19)2-3-13(15)33-22-18(28)16(26)17(27)20(34-22)21(29)30/h2-6,12,16-20,22-28H,7H2,1H3,(H,29,30)/t12-,16+,17+,18-,19-,20+,22-/m1/s1. The molecule has 184 valence electrons. The summed E-state index contributed by atoms with van der Waals surface area (Å²) in [5.41, 5.74) is 0.805. The molecule has 0 bridgehead atoms. The van der Waals surface area contributed by atoms with Gasteiger partial charge >= 0.3 is 5.97 Å². The highest BCUT2D eigenvalue weighted by Crippen LogP contribution is 2.43. The van der Waals surface area contributed by atoms with Gasteiger partial charge in [-0.1, -0.05) is 6.07 Å². The summed E-state index contributed by atoms with van der Waals surface area (Å²) in [7, 11) is 1.33. The van der Waals surface area contributed by atoms with Gasteiger partial charge in [-0.05, 0) is 17.7 Å². The minimum Gasteiger partial charge on any atom is -0.508 e. The van der Waals surface area contributed by atoms with E-state index in [-0.39, 0.29) is 35.2 Å².